The molecule has 1 saturated heterocycles. The predicted molar refractivity (Wildman–Crippen MR) is 115 cm³/mol. The number of benzene rings is 2. The fourth-order valence-electron chi connectivity index (χ4n) is 3.33. The summed E-state index contributed by atoms with van der Waals surface area (Å²) in [4.78, 5) is 17.0. The molecule has 6 heteroatoms. The second kappa shape index (κ2) is 9.46. The van der Waals surface area contributed by atoms with Crippen molar-refractivity contribution in [3.05, 3.63) is 53.6 Å². The lowest BCUT2D eigenvalue weighted by molar-refractivity contribution is 0.252. The number of rotatable bonds is 6. The molecule has 0 atom stereocenters. The van der Waals surface area contributed by atoms with Crippen LogP contribution in [-0.2, 0) is 6.42 Å². The predicted octanol–water partition coefficient (Wildman–Crippen LogP) is 3.12. The van der Waals surface area contributed by atoms with Crippen molar-refractivity contribution in [1.29, 1.82) is 0 Å². The molecule has 0 radical (unpaired) electrons. The molecule has 2 amide bonds. The summed E-state index contributed by atoms with van der Waals surface area (Å²) >= 11 is 0. The first-order valence-electron chi connectivity index (χ1n) is 9.77. The number of nitrogens with one attached hydrogen (secondary N) is 2. The molecule has 0 aromatic heterocycles. The normalized spacial score (nSPS) is 14.6. The minimum Gasteiger partial charge on any atom is -0.497 e. The van der Waals surface area contributed by atoms with E-state index in [1.165, 1.54) is 5.69 Å². The molecule has 0 unspecified atom stereocenters. The summed E-state index contributed by atoms with van der Waals surface area (Å²) in [5.74, 6) is 0.838. The van der Waals surface area contributed by atoms with Crippen molar-refractivity contribution in [2.75, 3.05) is 57.1 Å². The SMILES string of the molecule is COc1ccc(CCNC(=O)Nc2ccc(N3CCN(C)CC3)cc2C)cc1. The molecule has 1 aliphatic heterocycles. The molecule has 28 heavy (non-hydrogen) atoms. The van der Waals surface area contributed by atoms with Crippen LogP contribution in [0.25, 0.3) is 0 Å². The van der Waals surface area contributed by atoms with Gasteiger partial charge in [0.25, 0.3) is 0 Å². The van der Waals surface area contributed by atoms with Crippen LogP contribution in [0.4, 0.5) is 16.2 Å². The Labute approximate surface area is 167 Å². The summed E-state index contributed by atoms with van der Waals surface area (Å²) in [6, 6.07) is 13.9. The van der Waals surface area contributed by atoms with Crippen LogP contribution in [0.1, 0.15) is 11.1 Å². The molecule has 2 aromatic carbocycles. The average molecular weight is 383 g/mol. The molecule has 0 bridgehead atoms. The van der Waals surface area contributed by atoms with Crippen molar-refractivity contribution < 1.29 is 9.53 Å². The van der Waals surface area contributed by atoms with Crippen LogP contribution < -0.4 is 20.3 Å². The number of anilines is 2. The van der Waals surface area contributed by atoms with Crippen LogP contribution in [-0.4, -0.2) is 57.8 Å². The number of ether oxygens (including phenoxy) is 1. The van der Waals surface area contributed by atoms with E-state index in [9.17, 15) is 4.79 Å². The van der Waals surface area contributed by atoms with Crippen molar-refractivity contribution in [2.45, 2.75) is 13.3 Å². The van der Waals surface area contributed by atoms with Gasteiger partial charge in [0, 0.05) is 44.1 Å². The number of amides is 2. The molecule has 0 aliphatic carbocycles. The van der Waals surface area contributed by atoms with Crippen LogP contribution >= 0.6 is 0 Å². The van der Waals surface area contributed by atoms with E-state index in [2.05, 4.69) is 39.6 Å². The number of carbonyl (C=O) groups excluding carboxylic acids is 1. The summed E-state index contributed by atoms with van der Waals surface area (Å²) in [6.45, 7) is 6.84. The minimum atomic E-state index is -0.177. The highest BCUT2D eigenvalue weighted by Crippen LogP contribution is 2.23. The second-order valence-electron chi connectivity index (χ2n) is 7.27. The summed E-state index contributed by atoms with van der Waals surface area (Å²) in [7, 11) is 3.81. The number of hydrogen-bond acceptors (Lipinski definition) is 4. The van der Waals surface area contributed by atoms with Gasteiger partial charge in [-0.05, 0) is 61.9 Å². The van der Waals surface area contributed by atoms with Crippen molar-refractivity contribution >= 4 is 17.4 Å². The molecule has 3 rings (SSSR count). The number of piperazine rings is 1. The van der Waals surface area contributed by atoms with Crippen molar-refractivity contribution in [1.82, 2.24) is 10.2 Å². The van der Waals surface area contributed by atoms with Crippen molar-refractivity contribution in [3.8, 4) is 5.75 Å². The third-order valence-electron chi connectivity index (χ3n) is 5.18. The van der Waals surface area contributed by atoms with E-state index < -0.39 is 0 Å². The number of methoxy groups -OCH3 is 1. The lowest BCUT2D eigenvalue weighted by atomic mass is 10.1. The standard InChI is InChI=1S/C22H30N4O2/c1-17-16-19(26-14-12-25(2)13-15-26)6-9-21(17)24-22(27)23-11-10-18-4-7-20(28-3)8-5-18/h4-9,16H,10-15H2,1-3H3,(H2,23,24,27). The Morgan fingerprint density at radius 2 is 1.79 bits per heavy atom. The Morgan fingerprint density at radius 3 is 2.43 bits per heavy atom. The van der Waals surface area contributed by atoms with Gasteiger partial charge in [-0.2, -0.15) is 0 Å². The zero-order valence-corrected chi connectivity index (χ0v) is 17.0. The van der Waals surface area contributed by atoms with Gasteiger partial charge in [-0.15, -0.1) is 0 Å². The number of aryl methyl sites for hydroxylation is 1. The Balaban J connectivity index is 1.48. The number of hydrogen-bond donors (Lipinski definition) is 2. The van der Waals surface area contributed by atoms with Gasteiger partial charge in [0.2, 0.25) is 0 Å². The number of likely N-dealkylation sites (N-methyl/N-ethyl adjacent to an activating group) is 1. The Kier molecular flexibility index (Phi) is 6.76. The first-order chi connectivity index (χ1) is 13.5. The van der Waals surface area contributed by atoms with Gasteiger partial charge in [0.15, 0.2) is 0 Å². The fourth-order valence-corrected chi connectivity index (χ4v) is 3.33. The fraction of sp³-hybridized carbons (Fsp3) is 0.409. The zero-order chi connectivity index (χ0) is 19.9. The summed E-state index contributed by atoms with van der Waals surface area (Å²) in [6.07, 6.45) is 0.777. The topological polar surface area (TPSA) is 56.8 Å². The van der Waals surface area contributed by atoms with E-state index >= 15 is 0 Å². The van der Waals surface area contributed by atoms with Crippen LogP contribution in [0.5, 0.6) is 5.75 Å². The molecule has 0 saturated carbocycles. The Hall–Kier alpha value is -2.73. The Morgan fingerprint density at radius 1 is 1.07 bits per heavy atom. The van der Waals surface area contributed by atoms with Gasteiger partial charge in [-0.25, -0.2) is 4.79 Å². The Bertz CT molecular complexity index is 784. The molecule has 150 valence electrons. The largest absolute Gasteiger partial charge is 0.497 e. The van der Waals surface area contributed by atoms with Crippen LogP contribution in [0.15, 0.2) is 42.5 Å². The van der Waals surface area contributed by atoms with Crippen LogP contribution in [0.3, 0.4) is 0 Å². The maximum atomic E-state index is 12.2. The first-order valence-corrected chi connectivity index (χ1v) is 9.77. The van der Waals surface area contributed by atoms with E-state index in [1.807, 2.05) is 37.3 Å². The monoisotopic (exact) mass is 382 g/mol. The van der Waals surface area contributed by atoms with Gasteiger partial charge in [-0.3, -0.25) is 0 Å². The van der Waals surface area contributed by atoms with E-state index in [0.29, 0.717) is 6.54 Å². The molecule has 0 spiro atoms. The van der Waals surface area contributed by atoms with Gasteiger partial charge in [-0.1, -0.05) is 12.1 Å². The van der Waals surface area contributed by atoms with E-state index in [-0.39, 0.29) is 6.03 Å². The highest BCUT2D eigenvalue weighted by molar-refractivity contribution is 5.90. The quantitative estimate of drug-likeness (QED) is 0.806. The highest BCUT2D eigenvalue weighted by Gasteiger charge is 2.15. The molecule has 6 nitrogen and oxygen atoms in total. The first kappa shape index (κ1) is 20.0. The number of nitrogens with zero attached hydrogens (tertiary/aromatic N) is 2. The molecular formula is C22H30N4O2. The summed E-state index contributed by atoms with van der Waals surface area (Å²) < 4.78 is 5.16. The highest BCUT2D eigenvalue weighted by atomic mass is 16.5. The lowest BCUT2D eigenvalue weighted by Gasteiger charge is -2.34. The second-order valence-corrected chi connectivity index (χ2v) is 7.27. The van der Waals surface area contributed by atoms with Gasteiger partial charge in [0.1, 0.15) is 5.75 Å². The maximum Gasteiger partial charge on any atom is 0.319 e. The maximum absolute atomic E-state index is 12.2. The van der Waals surface area contributed by atoms with E-state index in [1.54, 1.807) is 7.11 Å². The van der Waals surface area contributed by atoms with Gasteiger partial charge >= 0.3 is 6.03 Å². The zero-order valence-electron chi connectivity index (χ0n) is 17.0. The van der Waals surface area contributed by atoms with Crippen LogP contribution in [0, 0.1) is 6.92 Å². The molecular weight excluding hydrogens is 352 g/mol. The smallest absolute Gasteiger partial charge is 0.319 e. The van der Waals surface area contributed by atoms with Crippen molar-refractivity contribution in [3.63, 3.8) is 0 Å². The summed E-state index contributed by atoms with van der Waals surface area (Å²) in [5, 5.41) is 5.88. The van der Waals surface area contributed by atoms with Crippen LogP contribution in [0.2, 0.25) is 0 Å². The molecule has 1 aliphatic rings. The molecule has 2 aromatic rings. The molecule has 2 N–H and O–H groups in total. The van der Waals surface area contributed by atoms with Crippen molar-refractivity contribution in [2.24, 2.45) is 0 Å². The summed E-state index contributed by atoms with van der Waals surface area (Å²) in [5.41, 5.74) is 4.30. The molecule has 1 fully saturated rings. The third kappa shape index (κ3) is 5.39. The number of carbonyl (C=O) groups is 1. The third-order valence-corrected chi connectivity index (χ3v) is 5.18. The minimum absolute atomic E-state index is 0.177. The molecule has 1 heterocycles. The average Bonchev–Trinajstić information content (AvgIpc) is 2.70. The number of urea groups is 1. The van der Waals surface area contributed by atoms with Gasteiger partial charge in [0.05, 0.1) is 7.11 Å². The lowest BCUT2D eigenvalue weighted by Crippen LogP contribution is -2.44. The van der Waals surface area contributed by atoms with E-state index in [4.69, 9.17) is 4.74 Å². The van der Waals surface area contributed by atoms with Gasteiger partial charge < -0.3 is 25.2 Å². The van der Waals surface area contributed by atoms with E-state index in [0.717, 1.165) is 55.2 Å².